The molecule has 0 aliphatic heterocycles. The number of rotatable bonds is 5. The van der Waals surface area contributed by atoms with Crippen molar-refractivity contribution in [3.63, 3.8) is 0 Å². The first kappa shape index (κ1) is 20.7. The Labute approximate surface area is 166 Å². The molecule has 0 radical (unpaired) electrons. The highest BCUT2D eigenvalue weighted by atomic mass is 32.2. The maximum absolute atomic E-state index is 12.8. The van der Waals surface area contributed by atoms with Crippen molar-refractivity contribution in [2.24, 2.45) is 0 Å². The minimum absolute atomic E-state index is 0.332. The van der Waals surface area contributed by atoms with Crippen molar-refractivity contribution in [2.45, 2.75) is 20.2 Å². The topological polar surface area (TPSA) is 116 Å². The van der Waals surface area contributed by atoms with Gasteiger partial charge in [0.2, 0.25) is 0 Å². The Morgan fingerprint density at radius 1 is 1.00 bits per heavy atom. The summed E-state index contributed by atoms with van der Waals surface area (Å²) in [7, 11) is -3.66. The third kappa shape index (κ3) is 4.19. The number of fused-ring (bicyclic) bond motifs is 1. The highest BCUT2D eigenvalue weighted by Crippen LogP contribution is 2.45. The summed E-state index contributed by atoms with van der Waals surface area (Å²) in [5.41, 5.74) is -6.73. The van der Waals surface area contributed by atoms with E-state index in [1.54, 1.807) is 24.3 Å². The summed E-state index contributed by atoms with van der Waals surface area (Å²) in [6, 6.07) is 9.10. The Morgan fingerprint density at radius 3 is 2.14 bits per heavy atom. The first-order chi connectivity index (χ1) is 13.6. The largest absolute Gasteiger partial charge is 0.475 e. The average Bonchev–Trinajstić information content (AvgIpc) is 2.66. The van der Waals surface area contributed by atoms with Crippen LogP contribution in [-0.2, 0) is 10.8 Å². The van der Waals surface area contributed by atoms with Crippen molar-refractivity contribution in [2.75, 3.05) is 0 Å². The minimum atomic E-state index is -5.23. The Bertz CT molecular complexity index is 1130. The Balaban J connectivity index is 2.23. The monoisotopic (exact) mass is 443 g/mol. The molecule has 0 aliphatic rings. The predicted octanol–water partition coefficient (Wildman–Crippen LogP) is 4.83. The van der Waals surface area contributed by atoms with E-state index < -0.39 is 47.3 Å². The molecule has 8 nitrogen and oxygen atoms in total. The van der Waals surface area contributed by atoms with Crippen LogP contribution < -0.4 is 0 Å². The molecular formula is C16H8F3N3O5S2. The molecule has 0 spiro atoms. The molecule has 0 aliphatic carbocycles. The molecule has 29 heavy (non-hydrogen) atoms. The first-order valence-electron chi connectivity index (χ1n) is 7.56. The summed E-state index contributed by atoms with van der Waals surface area (Å²) in [6.07, 6.45) is 1.46. The van der Waals surface area contributed by atoms with Gasteiger partial charge >= 0.3 is 5.51 Å². The Kier molecular flexibility index (Phi) is 5.53. The number of para-hydroxylation sites is 1. The number of aromatic nitrogens is 1. The highest BCUT2D eigenvalue weighted by molar-refractivity contribution is 7.99. The van der Waals surface area contributed by atoms with Crippen LogP contribution in [0.2, 0.25) is 0 Å². The number of nitro benzene ring substituents is 2. The SMILES string of the molecule is O=[N+]([O-])c1cc(S(=O)C(F)(F)F)cc([N+](=O)[O-])c1Sc1cccc2cccnc12. The van der Waals surface area contributed by atoms with Crippen molar-refractivity contribution < 1.29 is 27.2 Å². The van der Waals surface area contributed by atoms with Crippen LogP contribution in [0.3, 0.4) is 0 Å². The summed E-state index contributed by atoms with van der Waals surface area (Å²) in [5.74, 6) is 0. The second-order valence-electron chi connectivity index (χ2n) is 5.45. The van der Waals surface area contributed by atoms with E-state index in [9.17, 15) is 37.6 Å². The third-order valence-electron chi connectivity index (χ3n) is 3.65. The Hall–Kier alpha value is -3.06. The van der Waals surface area contributed by atoms with Gasteiger partial charge in [0, 0.05) is 28.6 Å². The van der Waals surface area contributed by atoms with Crippen LogP contribution in [0.15, 0.2) is 63.3 Å². The molecule has 0 saturated carbocycles. The zero-order valence-electron chi connectivity index (χ0n) is 14.0. The van der Waals surface area contributed by atoms with Crippen LogP contribution in [-0.4, -0.2) is 24.5 Å². The van der Waals surface area contributed by atoms with Gasteiger partial charge in [-0.05, 0) is 12.1 Å². The van der Waals surface area contributed by atoms with E-state index in [1.165, 1.54) is 12.3 Å². The first-order valence-corrected chi connectivity index (χ1v) is 9.53. The number of alkyl halides is 3. The van der Waals surface area contributed by atoms with Crippen LogP contribution >= 0.6 is 11.8 Å². The smallest absolute Gasteiger partial charge is 0.258 e. The van der Waals surface area contributed by atoms with Crippen molar-refractivity contribution in [1.82, 2.24) is 4.98 Å². The lowest BCUT2D eigenvalue weighted by Crippen LogP contribution is -2.16. The number of pyridine rings is 1. The van der Waals surface area contributed by atoms with E-state index in [2.05, 4.69) is 4.98 Å². The predicted molar refractivity (Wildman–Crippen MR) is 98.1 cm³/mol. The standard InChI is InChI=1S/C16H8F3N3O5S2/c17-16(18,19)29(27)10-7-11(21(23)24)15(12(8-10)22(25)26)28-13-5-1-3-9-4-2-6-20-14(9)13/h1-8H. The molecule has 1 atom stereocenters. The molecule has 2 aromatic carbocycles. The molecule has 1 heterocycles. The lowest BCUT2D eigenvalue weighted by atomic mass is 10.2. The van der Waals surface area contributed by atoms with Crippen molar-refractivity contribution >= 4 is 44.8 Å². The van der Waals surface area contributed by atoms with E-state index in [4.69, 9.17) is 0 Å². The maximum Gasteiger partial charge on any atom is 0.475 e. The molecule has 150 valence electrons. The lowest BCUT2D eigenvalue weighted by molar-refractivity contribution is -0.400. The van der Waals surface area contributed by atoms with Crippen molar-refractivity contribution in [1.29, 1.82) is 0 Å². The lowest BCUT2D eigenvalue weighted by Gasteiger charge is -2.10. The van der Waals surface area contributed by atoms with Gasteiger partial charge in [-0.25, -0.2) is 4.21 Å². The molecular weight excluding hydrogens is 435 g/mol. The average molecular weight is 443 g/mol. The molecule has 3 aromatic rings. The zero-order chi connectivity index (χ0) is 21.3. The summed E-state index contributed by atoms with van der Waals surface area (Å²) in [5, 5.41) is 23.6. The molecule has 0 saturated heterocycles. The van der Waals surface area contributed by atoms with Crippen LogP contribution in [0.5, 0.6) is 0 Å². The van der Waals surface area contributed by atoms with Crippen LogP contribution in [0.4, 0.5) is 24.5 Å². The van der Waals surface area contributed by atoms with Crippen LogP contribution in [0, 0.1) is 20.2 Å². The van der Waals surface area contributed by atoms with E-state index in [0.717, 1.165) is 0 Å². The number of hydrogen-bond acceptors (Lipinski definition) is 7. The third-order valence-corrected chi connectivity index (χ3v) is 5.90. The number of halogens is 3. The molecule has 1 aromatic heterocycles. The highest BCUT2D eigenvalue weighted by Gasteiger charge is 2.41. The second-order valence-corrected chi connectivity index (χ2v) is 7.98. The molecule has 0 amide bonds. The number of benzene rings is 2. The summed E-state index contributed by atoms with van der Waals surface area (Å²) >= 11 is 0.629. The fourth-order valence-corrected chi connectivity index (χ4v) is 4.27. The molecule has 0 bridgehead atoms. The normalized spacial score (nSPS) is 12.7. The quantitative estimate of drug-likeness (QED) is 0.410. The summed E-state index contributed by atoms with van der Waals surface area (Å²) < 4.78 is 49.9. The van der Waals surface area contributed by atoms with Gasteiger partial charge < -0.3 is 0 Å². The van der Waals surface area contributed by atoms with Gasteiger partial charge in [0.15, 0.2) is 15.7 Å². The fourth-order valence-electron chi connectivity index (χ4n) is 2.46. The van der Waals surface area contributed by atoms with Gasteiger partial charge in [-0.1, -0.05) is 30.0 Å². The van der Waals surface area contributed by atoms with Crippen LogP contribution in [0.25, 0.3) is 10.9 Å². The van der Waals surface area contributed by atoms with Gasteiger partial charge in [-0.15, -0.1) is 0 Å². The van der Waals surface area contributed by atoms with E-state index in [1.807, 2.05) is 0 Å². The molecule has 1 unspecified atom stereocenters. The zero-order valence-corrected chi connectivity index (χ0v) is 15.6. The van der Waals surface area contributed by atoms with Gasteiger partial charge in [0.05, 0.1) is 20.3 Å². The minimum Gasteiger partial charge on any atom is -0.258 e. The van der Waals surface area contributed by atoms with Gasteiger partial charge in [0.1, 0.15) is 0 Å². The van der Waals surface area contributed by atoms with Crippen molar-refractivity contribution in [3.8, 4) is 0 Å². The van der Waals surface area contributed by atoms with Gasteiger partial charge in [0.25, 0.3) is 11.4 Å². The van der Waals surface area contributed by atoms with E-state index >= 15 is 0 Å². The summed E-state index contributed by atoms with van der Waals surface area (Å²) in [4.78, 5) is 23.7. The van der Waals surface area contributed by atoms with E-state index in [0.29, 0.717) is 39.7 Å². The summed E-state index contributed by atoms with van der Waals surface area (Å²) in [6.45, 7) is 0. The second kappa shape index (κ2) is 7.75. The maximum atomic E-state index is 12.8. The molecule has 3 rings (SSSR count). The van der Waals surface area contributed by atoms with Gasteiger partial charge in [-0.3, -0.25) is 25.2 Å². The number of hydrogen-bond donors (Lipinski definition) is 0. The molecule has 0 fully saturated rings. The van der Waals surface area contributed by atoms with Crippen molar-refractivity contribution in [3.05, 3.63) is 68.9 Å². The number of nitro groups is 2. The fraction of sp³-hybridized carbons (Fsp3) is 0.0625. The molecule has 0 N–H and O–H groups in total. The van der Waals surface area contributed by atoms with E-state index in [-0.39, 0.29) is 0 Å². The van der Waals surface area contributed by atoms with Gasteiger partial charge in [-0.2, -0.15) is 13.2 Å². The van der Waals surface area contributed by atoms with Crippen LogP contribution in [0.1, 0.15) is 0 Å². The number of nitrogens with zero attached hydrogens (tertiary/aromatic N) is 3. The Morgan fingerprint density at radius 2 is 1.59 bits per heavy atom. The molecule has 13 heteroatoms.